The van der Waals surface area contributed by atoms with Crippen molar-refractivity contribution < 1.29 is 9.59 Å². The fourth-order valence-electron chi connectivity index (χ4n) is 2.92. The van der Waals surface area contributed by atoms with Gasteiger partial charge in [-0.25, -0.2) is 0 Å². The summed E-state index contributed by atoms with van der Waals surface area (Å²) in [5.74, 6) is -0.0378. The van der Waals surface area contributed by atoms with Gasteiger partial charge in [-0.1, -0.05) is 11.6 Å². The zero-order valence-electron chi connectivity index (χ0n) is 12.2. The summed E-state index contributed by atoms with van der Waals surface area (Å²) in [6.07, 6.45) is 2.70. The van der Waals surface area contributed by atoms with Crippen molar-refractivity contribution in [2.24, 2.45) is 5.73 Å². The maximum absolute atomic E-state index is 12.5. The molecule has 1 aromatic rings. The van der Waals surface area contributed by atoms with E-state index in [-0.39, 0.29) is 11.8 Å². The molecule has 0 atom stereocenters. The van der Waals surface area contributed by atoms with E-state index in [0.717, 1.165) is 25.9 Å². The summed E-state index contributed by atoms with van der Waals surface area (Å²) in [6, 6.07) is 6.54. The van der Waals surface area contributed by atoms with Crippen LogP contribution in [0.25, 0.3) is 0 Å². The molecule has 5 nitrogen and oxygen atoms in total. The standard InChI is InChI=1S/C16H18ClN3O2/c17-12-5-3-11(4-6-12)15(21)20-10-7-13(16(20)22)14(18)19-8-1-2-9-19/h3-6H,1-2,7-10,18H2/b14-13+. The molecule has 3 rings (SSSR count). The van der Waals surface area contributed by atoms with Crippen LogP contribution in [0.2, 0.25) is 5.02 Å². The Hall–Kier alpha value is -2.01. The molecular formula is C16H18ClN3O2. The number of nitrogens with two attached hydrogens (primary N) is 1. The molecule has 2 N–H and O–H groups in total. The maximum Gasteiger partial charge on any atom is 0.260 e. The highest BCUT2D eigenvalue weighted by molar-refractivity contribution is 6.30. The number of imide groups is 1. The van der Waals surface area contributed by atoms with Gasteiger partial charge in [-0.15, -0.1) is 0 Å². The second kappa shape index (κ2) is 6.01. The summed E-state index contributed by atoms with van der Waals surface area (Å²) < 4.78 is 0. The van der Waals surface area contributed by atoms with E-state index >= 15 is 0 Å². The topological polar surface area (TPSA) is 66.6 Å². The average Bonchev–Trinajstić information content (AvgIpc) is 3.16. The van der Waals surface area contributed by atoms with Gasteiger partial charge in [0.2, 0.25) is 0 Å². The second-order valence-corrected chi connectivity index (χ2v) is 6.01. The quantitative estimate of drug-likeness (QED) is 0.668. The second-order valence-electron chi connectivity index (χ2n) is 5.58. The highest BCUT2D eigenvalue weighted by atomic mass is 35.5. The first kappa shape index (κ1) is 14.9. The van der Waals surface area contributed by atoms with Crippen LogP contribution in [0.3, 0.4) is 0 Å². The summed E-state index contributed by atoms with van der Waals surface area (Å²) in [4.78, 5) is 28.2. The third-order valence-electron chi connectivity index (χ3n) is 4.18. The van der Waals surface area contributed by atoms with E-state index in [9.17, 15) is 9.59 Å². The van der Waals surface area contributed by atoms with Crippen molar-refractivity contribution in [2.45, 2.75) is 19.3 Å². The van der Waals surface area contributed by atoms with E-state index in [1.807, 2.05) is 4.90 Å². The molecule has 0 spiro atoms. The van der Waals surface area contributed by atoms with E-state index in [1.165, 1.54) is 4.90 Å². The lowest BCUT2D eigenvalue weighted by molar-refractivity contribution is -0.122. The number of carbonyl (C=O) groups is 2. The van der Waals surface area contributed by atoms with E-state index in [4.69, 9.17) is 17.3 Å². The first-order valence-corrected chi connectivity index (χ1v) is 7.81. The summed E-state index contributed by atoms with van der Waals surface area (Å²) in [6.45, 7) is 2.14. The highest BCUT2D eigenvalue weighted by Crippen LogP contribution is 2.24. The monoisotopic (exact) mass is 319 g/mol. The summed E-state index contributed by atoms with van der Waals surface area (Å²) in [5.41, 5.74) is 7.14. The molecule has 2 aliphatic rings. The summed E-state index contributed by atoms with van der Waals surface area (Å²) >= 11 is 5.82. The minimum absolute atomic E-state index is 0.274. The summed E-state index contributed by atoms with van der Waals surface area (Å²) in [7, 11) is 0. The molecule has 2 fully saturated rings. The lowest BCUT2D eigenvalue weighted by atomic mass is 10.2. The van der Waals surface area contributed by atoms with Gasteiger partial charge in [0, 0.05) is 30.2 Å². The van der Waals surface area contributed by atoms with Gasteiger partial charge in [0.15, 0.2) is 0 Å². The molecule has 2 amide bonds. The molecule has 2 aliphatic heterocycles. The molecule has 1 aromatic carbocycles. The van der Waals surface area contributed by atoms with Crippen molar-refractivity contribution >= 4 is 23.4 Å². The van der Waals surface area contributed by atoms with Gasteiger partial charge in [0.25, 0.3) is 11.8 Å². The van der Waals surface area contributed by atoms with Crippen molar-refractivity contribution in [1.82, 2.24) is 9.80 Å². The van der Waals surface area contributed by atoms with Crippen molar-refractivity contribution in [3.8, 4) is 0 Å². The fraction of sp³-hybridized carbons (Fsp3) is 0.375. The molecule has 2 saturated heterocycles. The average molecular weight is 320 g/mol. The number of hydrogen-bond acceptors (Lipinski definition) is 4. The molecule has 0 aliphatic carbocycles. The Bertz CT molecular complexity index is 633. The zero-order chi connectivity index (χ0) is 15.7. The van der Waals surface area contributed by atoms with Crippen molar-refractivity contribution in [3.63, 3.8) is 0 Å². The van der Waals surface area contributed by atoms with Crippen molar-refractivity contribution in [1.29, 1.82) is 0 Å². The maximum atomic E-state index is 12.5. The Morgan fingerprint density at radius 2 is 1.73 bits per heavy atom. The van der Waals surface area contributed by atoms with Crippen LogP contribution in [0.5, 0.6) is 0 Å². The molecule has 116 valence electrons. The minimum atomic E-state index is -0.300. The SMILES string of the molecule is N/C(=C1/CCN(C(=O)c2ccc(Cl)cc2)C1=O)N1CCCC1. The van der Waals surface area contributed by atoms with Gasteiger partial charge < -0.3 is 10.6 Å². The largest absolute Gasteiger partial charge is 0.385 e. The first-order valence-electron chi connectivity index (χ1n) is 7.43. The Morgan fingerprint density at radius 1 is 1.09 bits per heavy atom. The molecule has 22 heavy (non-hydrogen) atoms. The van der Waals surface area contributed by atoms with Crippen LogP contribution >= 0.6 is 11.6 Å². The molecule has 0 radical (unpaired) electrons. The lowest BCUT2D eigenvalue weighted by Gasteiger charge is -2.19. The predicted octanol–water partition coefficient (Wildman–Crippen LogP) is 1.98. The minimum Gasteiger partial charge on any atom is -0.385 e. The van der Waals surface area contributed by atoms with Gasteiger partial charge in [-0.05, 0) is 43.5 Å². The van der Waals surface area contributed by atoms with Gasteiger partial charge in [-0.3, -0.25) is 14.5 Å². The molecule has 2 heterocycles. The molecule has 0 saturated carbocycles. The fourth-order valence-corrected chi connectivity index (χ4v) is 3.05. The number of halogens is 1. The molecular weight excluding hydrogens is 302 g/mol. The van der Waals surface area contributed by atoms with E-state index in [2.05, 4.69) is 0 Å². The van der Waals surface area contributed by atoms with Crippen LogP contribution in [0.15, 0.2) is 35.7 Å². The number of nitrogens with zero attached hydrogens (tertiary/aromatic N) is 2. The Kier molecular flexibility index (Phi) is 4.07. The Morgan fingerprint density at radius 3 is 2.36 bits per heavy atom. The zero-order valence-corrected chi connectivity index (χ0v) is 13.0. The van der Waals surface area contributed by atoms with Crippen LogP contribution in [0.1, 0.15) is 29.6 Å². The first-order chi connectivity index (χ1) is 10.6. The third-order valence-corrected chi connectivity index (χ3v) is 4.43. The van der Waals surface area contributed by atoms with Crippen molar-refractivity contribution in [3.05, 3.63) is 46.2 Å². The highest BCUT2D eigenvalue weighted by Gasteiger charge is 2.34. The smallest absolute Gasteiger partial charge is 0.260 e. The Balaban J connectivity index is 1.79. The third kappa shape index (κ3) is 2.68. The van der Waals surface area contributed by atoms with Crippen LogP contribution in [0.4, 0.5) is 0 Å². The van der Waals surface area contributed by atoms with E-state index in [0.29, 0.717) is 34.9 Å². The summed E-state index contributed by atoms with van der Waals surface area (Å²) in [5, 5.41) is 0.558. The van der Waals surface area contributed by atoms with E-state index in [1.54, 1.807) is 24.3 Å². The van der Waals surface area contributed by atoms with Crippen molar-refractivity contribution in [2.75, 3.05) is 19.6 Å². The molecule has 0 unspecified atom stereocenters. The van der Waals surface area contributed by atoms with Crippen LogP contribution < -0.4 is 5.73 Å². The van der Waals surface area contributed by atoms with E-state index < -0.39 is 0 Å². The number of amides is 2. The Labute approximate surface area is 134 Å². The van der Waals surface area contributed by atoms with Gasteiger partial charge in [0.1, 0.15) is 5.82 Å². The van der Waals surface area contributed by atoms with Gasteiger partial charge >= 0.3 is 0 Å². The van der Waals surface area contributed by atoms with Crippen LogP contribution in [0, 0.1) is 0 Å². The van der Waals surface area contributed by atoms with Gasteiger partial charge in [-0.2, -0.15) is 0 Å². The molecule has 0 bridgehead atoms. The number of likely N-dealkylation sites (tertiary alicyclic amines) is 2. The number of benzene rings is 1. The lowest BCUT2D eigenvalue weighted by Crippen LogP contribution is -2.34. The predicted molar refractivity (Wildman–Crippen MR) is 84.1 cm³/mol. The van der Waals surface area contributed by atoms with Gasteiger partial charge in [0.05, 0.1) is 5.57 Å². The molecule has 6 heteroatoms. The number of rotatable bonds is 2. The number of carbonyl (C=O) groups excluding carboxylic acids is 2. The van der Waals surface area contributed by atoms with Crippen LogP contribution in [-0.4, -0.2) is 41.2 Å². The number of hydrogen-bond donors (Lipinski definition) is 1. The normalized spacial score (nSPS) is 20.7. The van der Waals surface area contributed by atoms with Crippen LogP contribution in [-0.2, 0) is 4.79 Å². The molecule has 0 aromatic heterocycles.